The maximum Gasteiger partial charge on any atom is 0.417 e. The molecule has 0 aromatic carbocycles. The van der Waals surface area contributed by atoms with E-state index in [1.165, 1.54) is 6.07 Å². The van der Waals surface area contributed by atoms with Crippen LogP contribution < -0.4 is 4.90 Å². The number of fused-ring (bicyclic) bond motifs is 2. The predicted octanol–water partition coefficient (Wildman–Crippen LogP) is 2.59. The Morgan fingerprint density at radius 2 is 1.79 bits per heavy atom. The van der Waals surface area contributed by atoms with Crippen LogP contribution in [0.1, 0.15) is 31.2 Å². The van der Waals surface area contributed by atoms with Crippen LogP contribution in [0, 0.1) is 0 Å². The van der Waals surface area contributed by atoms with Gasteiger partial charge in [0.25, 0.3) is 0 Å². The second-order valence-corrected chi connectivity index (χ2v) is 5.32. The molecule has 2 fully saturated rings. The van der Waals surface area contributed by atoms with Gasteiger partial charge in [-0.1, -0.05) is 0 Å². The highest BCUT2D eigenvalue weighted by Crippen LogP contribution is 2.39. The molecule has 0 amide bonds. The van der Waals surface area contributed by atoms with Gasteiger partial charge in [0.1, 0.15) is 5.82 Å². The van der Waals surface area contributed by atoms with E-state index in [1.54, 1.807) is 0 Å². The van der Waals surface area contributed by atoms with Crippen molar-refractivity contribution in [3.63, 3.8) is 0 Å². The summed E-state index contributed by atoms with van der Waals surface area (Å²) in [5, 5.41) is 9.71. The van der Waals surface area contributed by atoms with Crippen molar-refractivity contribution in [3.8, 4) is 0 Å². The molecule has 1 aromatic heterocycles. The lowest BCUT2D eigenvalue weighted by Gasteiger charge is -2.38. The summed E-state index contributed by atoms with van der Waals surface area (Å²) in [5.41, 5.74) is -0.722. The maximum absolute atomic E-state index is 12.5. The third-order valence-electron chi connectivity index (χ3n) is 4.05. The Kier molecular flexibility index (Phi) is 2.92. The number of aromatic nitrogens is 1. The lowest BCUT2D eigenvalue weighted by Crippen LogP contribution is -2.45. The fraction of sp³-hybridized carbons (Fsp3) is 0.615. The van der Waals surface area contributed by atoms with Crippen molar-refractivity contribution in [2.24, 2.45) is 0 Å². The molecule has 0 radical (unpaired) electrons. The van der Waals surface area contributed by atoms with Crippen LogP contribution >= 0.6 is 0 Å². The zero-order valence-electron chi connectivity index (χ0n) is 10.3. The summed E-state index contributed by atoms with van der Waals surface area (Å²) in [5.74, 6) is 0.590. The number of hydrogen-bond acceptors (Lipinski definition) is 3. The summed E-state index contributed by atoms with van der Waals surface area (Å²) in [4.78, 5) is 6.04. The fourth-order valence-corrected chi connectivity index (χ4v) is 3.23. The van der Waals surface area contributed by atoms with Crippen molar-refractivity contribution in [2.45, 2.75) is 50.0 Å². The Hall–Kier alpha value is -1.30. The summed E-state index contributed by atoms with van der Waals surface area (Å²) < 4.78 is 37.5. The molecule has 1 unspecified atom stereocenters. The first kappa shape index (κ1) is 12.7. The first-order chi connectivity index (χ1) is 8.95. The van der Waals surface area contributed by atoms with Crippen LogP contribution in [0.2, 0.25) is 0 Å². The molecule has 1 N–H and O–H groups in total. The van der Waals surface area contributed by atoms with Gasteiger partial charge in [-0.05, 0) is 37.8 Å². The van der Waals surface area contributed by atoms with Crippen LogP contribution in [0.5, 0.6) is 0 Å². The van der Waals surface area contributed by atoms with E-state index in [1.807, 2.05) is 0 Å². The summed E-state index contributed by atoms with van der Waals surface area (Å²) in [7, 11) is 0. The van der Waals surface area contributed by atoms with E-state index in [0.717, 1.165) is 25.1 Å². The molecule has 0 aliphatic carbocycles. The molecule has 3 nitrogen and oxygen atoms in total. The van der Waals surface area contributed by atoms with Crippen molar-refractivity contribution >= 4 is 5.82 Å². The first-order valence-corrected chi connectivity index (χ1v) is 6.45. The van der Waals surface area contributed by atoms with Crippen LogP contribution in [-0.2, 0) is 6.18 Å². The minimum atomic E-state index is -4.34. The summed E-state index contributed by atoms with van der Waals surface area (Å²) >= 11 is 0. The molecule has 1 aromatic rings. The molecule has 2 aliphatic rings. The second kappa shape index (κ2) is 4.37. The van der Waals surface area contributed by atoms with Gasteiger partial charge in [-0.25, -0.2) is 4.98 Å². The summed E-state index contributed by atoms with van der Waals surface area (Å²) in [6, 6.07) is 2.93. The molecular formula is C13H15F3N2O. The van der Waals surface area contributed by atoms with Gasteiger partial charge in [-0.3, -0.25) is 0 Å². The second-order valence-electron chi connectivity index (χ2n) is 5.32. The number of alkyl halides is 3. The number of nitrogens with zero attached hydrogens (tertiary/aromatic N) is 2. The number of hydrogen-bond donors (Lipinski definition) is 1. The molecule has 0 saturated carbocycles. The summed E-state index contributed by atoms with van der Waals surface area (Å²) in [6.07, 6.45) is -0.432. The monoisotopic (exact) mass is 272 g/mol. The van der Waals surface area contributed by atoms with Crippen molar-refractivity contribution in [1.82, 2.24) is 4.98 Å². The van der Waals surface area contributed by atoms with Crippen LogP contribution in [0.4, 0.5) is 19.0 Å². The highest BCUT2D eigenvalue weighted by molar-refractivity contribution is 5.44. The van der Waals surface area contributed by atoms with Crippen LogP contribution in [-0.4, -0.2) is 28.3 Å². The third-order valence-corrected chi connectivity index (χ3v) is 4.05. The smallest absolute Gasteiger partial charge is 0.393 e. The summed E-state index contributed by atoms with van der Waals surface area (Å²) in [6.45, 7) is 0. The Labute approximate surface area is 109 Å². The minimum Gasteiger partial charge on any atom is -0.393 e. The van der Waals surface area contributed by atoms with Crippen LogP contribution in [0.3, 0.4) is 0 Å². The van der Waals surface area contributed by atoms with E-state index in [2.05, 4.69) is 9.88 Å². The predicted molar refractivity (Wildman–Crippen MR) is 63.8 cm³/mol. The lowest BCUT2D eigenvalue weighted by molar-refractivity contribution is -0.137. The van der Waals surface area contributed by atoms with Gasteiger partial charge >= 0.3 is 6.18 Å². The van der Waals surface area contributed by atoms with E-state index in [9.17, 15) is 18.3 Å². The van der Waals surface area contributed by atoms with E-state index < -0.39 is 11.7 Å². The van der Waals surface area contributed by atoms with Gasteiger partial charge in [-0.15, -0.1) is 0 Å². The number of anilines is 1. The van der Waals surface area contributed by atoms with Gasteiger partial charge < -0.3 is 10.0 Å². The molecular weight excluding hydrogens is 257 g/mol. The van der Waals surface area contributed by atoms with Crippen LogP contribution in [0.25, 0.3) is 0 Å². The molecule has 3 atom stereocenters. The van der Waals surface area contributed by atoms with Crippen LogP contribution in [0.15, 0.2) is 18.3 Å². The lowest BCUT2D eigenvalue weighted by atomic mass is 10.00. The van der Waals surface area contributed by atoms with E-state index in [4.69, 9.17) is 0 Å². The third kappa shape index (κ3) is 2.29. The van der Waals surface area contributed by atoms with E-state index in [-0.39, 0.29) is 18.2 Å². The molecule has 2 saturated heterocycles. The van der Waals surface area contributed by atoms with Crippen molar-refractivity contribution in [1.29, 1.82) is 0 Å². The van der Waals surface area contributed by atoms with Crippen molar-refractivity contribution < 1.29 is 18.3 Å². The molecule has 3 rings (SSSR count). The number of pyridine rings is 1. The molecule has 6 heteroatoms. The standard InChI is InChI=1S/C13H15F3N2O/c14-13(15,16)8-1-4-12(17-7-8)18-9-2-3-10(18)6-11(19)5-9/h1,4,7,9-11,19H,2-3,5-6H2/t9-,10+,11?. The zero-order valence-corrected chi connectivity index (χ0v) is 10.3. The topological polar surface area (TPSA) is 36.4 Å². The molecule has 3 heterocycles. The number of halogens is 3. The molecule has 2 bridgehead atoms. The average Bonchev–Trinajstić information content (AvgIpc) is 2.61. The number of aliphatic hydroxyl groups excluding tert-OH is 1. The van der Waals surface area contributed by atoms with Crippen molar-refractivity contribution in [3.05, 3.63) is 23.9 Å². The highest BCUT2D eigenvalue weighted by atomic mass is 19.4. The first-order valence-electron chi connectivity index (χ1n) is 6.45. The normalized spacial score (nSPS) is 30.7. The molecule has 0 spiro atoms. The minimum absolute atomic E-state index is 0.206. The number of piperidine rings is 1. The average molecular weight is 272 g/mol. The van der Waals surface area contributed by atoms with E-state index >= 15 is 0 Å². The number of rotatable bonds is 1. The van der Waals surface area contributed by atoms with E-state index in [0.29, 0.717) is 18.7 Å². The van der Waals surface area contributed by atoms with Gasteiger partial charge in [0.15, 0.2) is 0 Å². The van der Waals surface area contributed by atoms with Gasteiger partial charge in [0.2, 0.25) is 0 Å². The zero-order chi connectivity index (χ0) is 13.6. The SMILES string of the molecule is OC1C[C@H]2CC[C@@H](C1)N2c1ccc(C(F)(F)F)cn1. The Morgan fingerprint density at radius 1 is 1.16 bits per heavy atom. The molecule has 104 valence electrons. The quantitative estimate of drug-likeness (QED) is 0.853. The number of aliphatic hydroxyl groups is 1. The maximum atomic E-state index is 12.5. The Balaban J connectivity index is 1.84. The highest BCUT2D eigenvalue weighted by Gasteiger charge is 2.41. The largest absolute Gasteiger partial charge is 0.417 e. The van der Waals surface area contributed by atoms with Gasteiger partial charge in [-0.2, -0.15) is 13.2 Å². The van der Waals surface area contributed by atoms with Gasteiger partial charge in [0.05, 0.1) is 11.7 Å². The van der Waals surface area contributed by atoms with Crippen molar-refractivity contribution in [2.75, 3.05) is 4.90 Å². The molecule has 2 aliphatic heterocycles. The molecule has 19 heavy (non-hydrogen) atoms. The fourth-order valence-electron chi connectivity index (χ4n) is 3.23. The Bertz CT molecular complexity index is 446. The Morgan fingerprint density at radius 3 is 2.26 bits per heavy atom. The van der Waals surface area contributed by atoms with Gasteiger partial charge in [0, 0.05) is 18.3 Å².